The van der Waals surface area contributed by atoms with Crippen LogP contribution in [0, 0.1) is 13.8 Å². The maximum Gasteiger partial charge on any atom is 0.114 e. The number of nitrogens with two attached hydrogens (primary N) is 1. The van der Waals surface area contributed by atoms with E-state index in [0.717, 1.165) is 10.7 Å². The molecule has 1 saturated carbocycles. The molecule has 19 heavy (non-hydrogen) atoms. The van der Waals surface area contributed by atoms with Gasteiger partial charge in [0.1, 0.15) is 10.7 Å². The summed E-state index contributed by atoms with van der Waals surface area (Å²) in [4.78, 5) is 4.86. The van der Waals surface area contributed by atoms with E-state index >= 15 is 0 Å². The predicted molar refractivity (Wildman–Crippen MR) is 82.6 cm³/mol. The molecule has 3 rings (SSSR count). The lowest BCUT2D eigenvalue weighted by Crippen LogP contribution is -1.92. The molecule has 1 aromatic heterocycles. The molecular weight excluding hydrogens is 252 g/mol. The number of anilines is 1. The predicted octanol–water partition coefficient (Wildman–Crippen LogP) is 4.67. The van der Waals surface area contributed by atoms with Gasteiger partial charge in [-0.05, 0) is 38.3 Å². The van der Waals surface area contributed by atoms with Gasteiger partial charge in [0.05, 0.1) is 5.01 Å². The highest BCUT2D eigenvalue weighted by Gasteiger charge is 2.22. The quantitative estimate of drug-likeness (QED) is 0.863. The Morgan fingerprint density at radius 3 is 2.68 bits per heavy atom. The number of rotatable bonds is 2. The number of hydrogen-bond donors (Lipinski definition) is 1. The number of aromatic nitrogens is 1. The summed E-state index contributed by atoms with van der Waals surface area (Å²) < 4.78 is 0. The summed E-state index contributed by atoms with van der Waals surface area (Å²) in [5.74, 6) is 0.645. The van der Waals surface area contributed by atoms with E-state index in [1.807, 2.05) is 0 Å². The van der Waals surface area contributed by atoms with Crippen molar-refractivity contribution in [1.82, 2.24) is 4.98 Å². The van der Waals surface area contributed by atoms with E-state index in [1.54, 1.807) is 11.3 Å². The first kappa shape index (κ1) is 12.7. The van der Waals surface area contributed by atoms with Gasteiger partial charge in [-0.1, -0.05) is 30.5 Å². The molecule has 1 aliphatic rings. The molecule has 1 aromatic carbocycles. The molecule has 0 unspecified atom stereocenters. The second kappa shape index (κ2) is 4.97. The van der Waals surface area contributed by atoms with Gasteiger partial charge in [0.2, 0.25) is 0 Å². The highest BCUT2D eigenvalue weighted by atomic mass is 32.1. The van der Waals surface area contributed by atoms with Crippen LogP contribution < -0.4 is 5.73 Å². The number of nitrogens with zero attached hydrogens (tertiary/aromatic N) is 1. The van der Waals surface area contributed by atoms with Crippen LogP contribution in [0.25, 0.3) is 11.3 Å². The molecule has 0 amide bonds. The molecule has 0 bridgehead atoms. The van der Waals surface area contributed by atoms with E-state index < -0.39 is 0 Å². The van der Waals surface area contributed by atoms with Crippen molar-refractivity contribution >= 4 is 16.3 Å². The minimum absolute atomic E-state index is 0.645. The van der Waals surface area contributed by atoms with Gasteiger partial charge in [0.15, 0.2) is 0 Å². The van der Waals surface area contributed by atoms with E-state index in [2.05, 4.69) is 32.0 Å². The molecule has 3 heteroatoms. The van der Waals surface area contributed by atoms with Gasteiger partial charge in [-0.2, -0.15) is 0 Å². The summed E-state index contributed by atoms with van der Waals surface area (Å²) >= 11 is 1.69. The number of aryl methyl sites for hydroxylation is 2. The van der Waals surface area contributed by atoms with Gasteiger partial charge in [-0.3, -0.25) is 0 Å². The van der Waals surface area contributed by atoms with Gasteiger partial charge in [0, 0.05) is 11.5 Å². The van der Waals surface area contributed by atoms with E-state index in [0.29, 0.717) is 5.92 Å². The number of benzene rings is 1. The summed E-state index contributed by atoms with van der Waals surface area (Å²) in [5, 5.41) is 2.11. The monoisotopic (exact) mass is 272 g/mol. The molecule has 2 N–H and O–H groups in total. The fourth-order valence-corrected chi connectivity index (χ4v) is 3.90. The third kappa shape index (κ3) is 2.39. The lowest BCUT2D eigenvalue weighted by Gasteiger charge is -2.05. The molecule has 1 fully saturated rings. The van der Waals surface area contributed by atoms with Crippen molar-refractivity contribution < 1.29 is 0 Å². The highest BCUT2D eigenvalue weighted by Crippen LogP contribution is 2.41. The molecular formula is C16H20N2S. The van der Waals surface area contributed by atoms with E-state index in [-0.39, 0.29) is 0 Å². The lowest BCUT2D eigenvalue weighted by molar-refractivity contribution is 0.717. The lowest BCUT2D eigenvalue weighted by atomic mass is 10.0. The zero-order valence-corrected chi connectivity index (χ0v) is 12.4. The fourth-order valence-electron chi connectivity index (χ4n) is 2.88. The van der Waals surface area contributed by atoms with Crippen LogP contribution in [0.15, 0.2) is 18.2 Å². The van der Waals surface area contributed by atoms with Crippen LogP contribution in [-0.4, -0.2) is 4.98 Å². The van der Waals surface area contributed by atoms with Crippen LogP contribution in [0.2, 0.25) is 0 Å². The first-order chi connectivity index (χ1) is 9.15. The Balaban J connectivity index is 2.02. The Labute approximate surface area is 118 Å². The molecule has 0 aliphatic heterocycles. The van der Waals surface area contributed by atoms with Crippen molar-refractivity contribution in [3.8, 4) is 11.3 Å². The third-order valence-corrected chi connectivity index (χ3v) is 5.07. The zero-order chi connectivity index (χ0) is 13.4. The van der Waals surface area contributed by atoms with Crippen LogP contribution in [0.5, 0.6) is 0 Å². The van der Waals surface area contributed by atoms with Crippen molar-refractivity contribution in [1.29, 1.82) is 0 Å². The van der Waals surface area contributed by atoms with E-state index in [1.165, 1.54) is 47.4 Å². The summed E-state index contributed by atoms with van der Waals surface area (Å²) in [6.07, 6.45) is 5.23. The topological polar surface area (TPSA) is 38.9 Å². The van der Waals surface area contributed by atoms with Crippen molar-refractivity contribution in [3.05, 3.63) is 34.3 Å². The van der Waals surface area contributed by atoms with Crippen LogP contribution in [0.4, 0.5) is 5.00 Å². The SMILES string of the molecule is Cc1ccc(C)c(-c2nc(C3CCCC3)sc2N)c1. The molecule has 2 aromatic rings. The van der Waals surface area contributed by atoms with Gasteiger partial charge >= 0.3 is 0 Å². The Morgan fingerprint density at radius 1 is 1.21 bits per heavy atom. The number of nitrogen functional groups attached to an aromatic ring is 1. The van der Waals surface area contributed by atoms with Gasteiger partial charge in [-0.25, -0.2) is 4.98 Å². The van der Waals surface area contributed by atoms with Crippen LogP contribution in [0.3, 0.4) is 0 Å². The van der Waals surface area contributed by atoms with Crippen LogP contribution >= 0.6 is 11.3 Å². The average molecular weight is 272 g/mol. The summed E-state index contributed by atoms with van der Waals surface area (Å²) in [6.45, 7) is 4.24. The number of hydrogen-bond acceptors (Lipinski definition) is 3. The minimum Gasteiger partial charge on any atom is -0.389 e. The molecule has 2 nitrogen and oxygen atoms in total. The molecule has 0 saturated heterocycles. The zero-order valence-electron chi connectivity index (χ0n) is 11.6. The summed E-state index contributed by atoms with van der Waals surface area (Å²) in [5.41, 5.74) is 10.9. The molecule has 0 atom stereocenters. The highest BCUT2D eigenvalue weighted by molar-refractivity contribution is 7.16. The van der Waals surface area contributed by atoms with E-state index in [4.69, 9.17) is 10.7 Å². The van der Waals surface area contributed by atoms with Crippen molar-refractivity contribution in [2.75, 3.05) is 5.73 Å². The van der Waals surface area contributed by atoms with Crippen LogP contribution in [0.1, 0.15) is 47.7 Å². The van der Waals surface area contributed by atoms with Gasteiger partial charge in [0.25, 0.3) is 0 Å². The second-order valence-electron chi connectivity index (χ2n) is 5.56. The Morgan fingerprint density at radius 2 is 1.95 bits per heavy atom. The molecule has 0 spiro atoms. The fraction of sp³-hybridized carbons (Fsp3) is 0.438. The first-order valence-corrected chi connectivity index (χ1v) is 7.80. The molecule has 1 heterocycles. The smallest absolute Gasteiger partial charge is 0.114 e. The van der Waals surface area contributed by atoms with Crippen molar-refractivity contribution in [2.24, 2.45) is 0 Å². The second-order valence-corrected chi connectivity index (χ2v) is 6.63. The normalized spacial score (nSPS) is 16.1. The Bertz CT molecular complexity index is 595. The average Bonchev–Trinajstić information content (AvgIpc) is 3.01. The molecule has 1 aliphatic carbocycles. The standard InChI is InChI=1S/C16H20N2S/c1-10-7-8-11(2)13(9-10)14-15(17)19-16(18-14)12-5-3-4-6-12/h7-9,12H,3-6,17H2,1-2H3. The van der Waals surface area contributed by atoms with Gasteiger partial charge in [-0.15, -0.1) is 11.3 Å². The van der Waals surface area contributed by atoms with Crippen LogP contribution in [-0.2, 0) is 0 Å². The van der Waals surface area contributed by atoms with Crippen molar-refractivity contribution in [2.45, 2.75) is 45.4 Å². The van der Waals surface area contributed by atoms with E-state index in [9.17, 15) is 0 Å². The maximum absolute atomic E-state index is 6.22. The first-order valence-electron chi connectivity index (χ1n) is 6.99. The van der Waals surface area contributed by atoms with Gasteiger partial charge < -0.3 is 5.73 Å². The summed E-state index contributed by atoms with van der Waals surface area (Å²) in [6, 6.07) is 6.48. The van der Waals surface area contributed by atoms with Crippen molar-refractivity contribution in [3.63, 3.8) is 0 Å². The number of thiazole rings is 1. The Kier molecular flexibility index (Phi) is 3.31. The minimum atomic E-state index is 0.645. The maximum atomic E-state index is 6.22. The Hall–Kier alpha value is -1.35. The molecule has 0 radical (unpaired) electrons. The third-order valence-electron chi connectivity index (χ3n) is 4.02. The largest absolute Gasteiger partial charge is 0.389 e. The molecule has 100 valence electrons. The summed E-state index contributed by atoms with van der Waals surface area (Å²) in [7, 11) is 0.